The van der Waals surface area contributed by atoms with Crippen LogP contribution in [0.15, 0.2) is 84.9 Å². The molecule has 0 aliphatic heterocycles. The van der Waals surface area contributed by atoms with E-state index in [2.05, 4.69) is 22.5 Å². The number of rotatable bonds is 7. The van der Waals surface area contributed by atoms with E-state index in [1.165, 1.54) is 0 Å². The molecule has 0 aliphatic carbocycles. The SMILES string of the molecule is Cc1cc(NC(=O)c2cccc(COc3ccc(Cl)cc3)c2)nn1Cc1ccccc1. The fourth-order valence-electron chi connectivity index (χ4n) is 3.18. The molecule has 0 unspecified atom stereocenters. The van der Waals surface area contributed by atoms with E-state index in [0.29, 0.717) is 29.6 Å². The van der Waals surface area contributed by atoms with Crippen molar-refractivity contribution >= 4 is 23.3 Å². The Morgan fingerprint density at radius 3 is 2.48 bits per heavy atom. The lowest BCUT2D eigenvalue weighted by atomic mass is 10.1. The van der Waals surface area contributed by atoms with Crippen LogP contribution in [0.5, 0.6) is 5.75 Å². The van der Waals surface area contributed by atoms with Gasteiger partial charge in [-0.05, 0) is 54.4 Å². The van der Waals surface area contributed by atoms with Gasteiger partial charge in [-0.15, -0.1) is 0 Å². The average Bonchev–Trinajstić information content (AvgIpc) is 3.12. The number of ether oxygens (including phenoxy) is 1. The minimum absolute atomic E-state index is 0.210. The zero-order valence-corrected chi connectivity index (χ0v) is 17.8. The van der Waals surface area contributed by atoms with Crippen LogP contribution in [0, 0.1) is 6.92 Å². The maximum absolute atomic E-state index is 12.7. The molecule has 0 bridgehead atoms. The zero-order valence-electron chi connectivity index (χ0n) is 17.1. The Bertz CT molecular complexity index is 1170. The van der Waals surface area contributed by atoms with Crippen LogP contribution in [-0.2, 0) is 13.2 Å². The molecule has 1 heterocycles. The molecule has 1 N–H and O–H groups in total. The highest BCUT2D eigenvalue weighted by atomic mass is 35.5. The second kappa shape index (κ2) is 9.49. The first-order valence-corrected chi connectivity index (χ1v) is 10.3. The predicted octanol–water partition coefficient (Wildman–Crippen LogP) is 5.72. The lowest BCUT2D eigenvalue weighted by molar-refractivity contribution is 0.102. The van der Waals surface area contributed by atoms with Crippen LogP contribution in [0.2, 0.25) is 5.02 Å². The van der Waals surface area contributed by atoms with Crippen LogP contribution in [-0.4, -0.2) is 15.7 Å². The molecule has 4 rings (SSSR count). The zero-order chi connectivity index (χ0) is 21.6. The summed E-state index contributed by atoms with van der Waals surface area (Å²) in [4.78, 5) is 12.7. The Hall–Kier alpha value is -3.57. The number of benzene rings is 3. The van der Waals surface area contributed by atoms with Crippen molar-refractivity contribution in [3.8, 4) is 5.75 Å². The van der Waals surface area contributed by atoms with E-state index in [9.17, 15) is 4.79 Å². The third kappa shape index (κ3) is 5.53. The number of aryl methyl sites for hydroxylation is 1. The molecule has 4 aromatic rings. The monoisotopic (exact) mass is 431 g/mol. The fraction of sp³-hybridized carbons (Fsp3) is 0.120. The summed E-state index contributed by atoms with van der Waals surface area (Å²) in [6, 6.07) is 26.5. The van der Waals surface area contributed by atoms with Crippen LogP contribution >= 0.6 is 11.6 Å². The second-order valence-corrected chi connectivity index (χ2v) is 7.65. The Balaban J connectivity index is 1.40. The van der Waals surface area contributed by atoms with E-state index in [1.54, 1.807) is 18.2 Å². The summed E-state index contributed by atoms with van der Waals surface area (Å²) in [7, 11) is 0. The van der Waals surface area contributed by atoms with E-state index in [4.69, 9.17) is 16.3 Å². The van der Waals surface area contributed by atoms with Gasteiger partial charge in [0.1, 0.15) is 12.4 Å². The van der Waals surface area contributed by atoms with Gasteiger partial charge < -0.3 is 10.1 Å². The summed E-state index contributed by atoms with van der Waals surface area (Å²) in [5.41, 5.74) is 3.57. The number of halogens is 1. The summed E-state index contributed by atoms with van der Waals surface area (Å²) in [5, 5.41) is 8.07. The number of nitrogens with zero attached hydrogens (tertiary/aromatic N) is 2. The van der Waals surface area contributed by atoms with Gasteiger partial charge in [0, 0.05) is 22.3 Å². The average molecular weight is 432 g/mol. The van der Waals surface area contributed by atoms with E-state index in [0.717, 1.165) is 22.6 Å². The topological polar surface area (TPSA) is 56.1 Å². The highest BCUT2D eigenvalue weighted by molar-refractivity contribution is 6.30. The molecule has 0 atom stereocenters. The quantitative estimate of drug-likeness (QED) is 0.407. The summed E-state index contributed by atoms with van der Waals surface area (Å²) in [6.07, 6.45) is 0. The van der Waals surface area contributed by atoms with Gasteiger partial charge >= 0.3 is 0 Å². The first-order chi connectivity index (χ1) is 15.1. The molecule has 0 saturated carbocycles. The van der Waals surface area contributed by atoms with Gasteiger partial charge in [-0.25, -0.2) is 0 Å². The van der Waals surface area contributed by atoms with Crippen molar-refractivity contribution in [2.75, 3.05) is 5.32 Å². The number of nitrogens with one attached hydrogen (secondary N) is 1. The number of amides is 1. The van der Waals surface area contributed by atoms with Crippen molar-refractivity contribution in [3.05, 3.63) is 112 Å². The molecule has 0 fully saturated rings. The smallest absolute Gasteiger partial charge is 0.256 e. The standard InChI is InChI=1S/C25H22ClN3O2/c1-18-14-24(28-29(18)16-19-6-3-2-4-7-19)27-25(30)21-9-5-8-20(15-21)17-31-23-12-10-22(26)11-13-23/h2-15H,16-17H2,1H3,(H,27,28,30). The largest absolute Gasteiger partial charge is 0.489 e. The van der Waals surface area contributed by atoms with Gasteiger partial charge in [-0.2, -0.15) is 5.10 Å². The van der Waals surface area contributed by atoms with E-state index < -0.39 is 0 Å². The van der Waals surface area contributed by atoms with Crippen molar-refractivity contribution in [2.24, 2.45) is 0 Å². The summed E-state index contributed by atoms with van der Waals surface area (Å²) < 4.78 is 7.65. The van der Waals surface area contributed by atoms with Gasteiger partial charge in [0.15, 0.2) is 5.82 Å². The molecule has 0 saturated heterocycles. The normalized spacial score (nSPS) is 10.6. The summed E-state index contributed by atoms with van der Waals surface area (Å²) >= 11 is 5.90. The molecule has 6 heteroatoms. The van der Waals surface area contributed by atoms with E-state index in [-0.39, 0.29) is 5.91 Å². The maximum Gasteiger partial charge on any atom is 0.256 e. The highest BCUT2D eigenvalue weighted by Crippen LogP contribution is 2.18. The van der Waals surface area contributed by atoms with Crippen LogP contribution in [0.25, 0.3) is 0 Å². The molecule has 5 nitrogen and oxygen atoms in total. The maximum atomic E-state index is 12.7. The molecule has 1 aromatic heterocycles. The Morgan fingerprint density at radius 2 is 1.71 bits per heavy atom. The van der Waals surface area contributed by atoms with Crippen molar-refractivity contribution in [1.29, 1.82) is 0 Å². The number of aromatic nitrogens is 2. The number of carbonyl (C=O) groups excluding carboxylic acids is 1. The van der Waals surface area contributed by atoms with Gasteiger partial charge in [-0.3, -0.25) is 9.48 Å². The molecule has 0 aliphatic rings. The lowest BCUT2D eigenvalue weighted by Gasteiger charge is -2.08. The minimum Gasteiger partial charge on any atom is -0.489 e. The Morgan fingerprint density at radius 1 is 0.968 bits per heavy atom. The Kier molecular flexibility index (Phi) is 6.34. The molecule has 156 valence electrons. The Labute approximate surface area is 186 Å². The van der Waals surface area contributed by atoms with Crippen LogP contribution in [0.4, 0.5) is 5.82 Å². The third-order valence-electron chi connectivity index (χ3n) is 4.81. The van der Waals surface area contributed by atoms with Crippen LogP contribution < -0.4 is 10.1 Å². The van der Waals surface area contributed by atoms with Gasteiger partial charge in [0.2, 0.25) is 0 Å². The molecule has 3 aromatic carbocycles. The molecule has 1 amide bonds. The summed E-state index contributed by atoms with van der Waals surface area (Å²) in [6.45, 7) is 2.98. The van der Waals surface area contributed by atoms with Crippen molar-refractivity contribution in [3.63, 3.8) is 0 Å². The van der Waals surface area contributed by atoms with Crippen molar-refractivity contribution < 1.29 is 9.53 Å². The molecular formula is C25H22ClN3O2. The highest BCUT2D eigenvalue weighted by Gasteiger charge is 2.11. The van der Waals surface area contributed by atoms with Crippen LogP contribution in [0.3, 0.4) is 0 Å². The van der Waals surface area contributed by atoms with E-state index in [1.807, 2.05) is 66.2 Å². The third-order valence-corrected chi connectivity index (χ3v) is 5.06. The second-order valence-electron chi connectivity index (χ2n) is 7.21. The number of hydrogen-bond acceptors (Lipinski definition) is 3. The lowest BCUT2D eigenvalue weighted by Crippen LogP contribution is -2.13. The van der Waals surface area contributed by atoms with E-state index >= 15 is 0 Å². The molecule has 31 heavy (non-hydrogen) atoms. The number of anilines is 1. The fourth-order valence-corrected chi connectivity index (χ4v) is 3.30. The first-order valence-electron chi connectivity index (χ1n) is 9.94. The van der Waals surface area contributed by atoms with Crippen molar-refractivity contribution in [1.82, 2.24) is 9.78 Å². The van der Waals surface area contributed by atoms with Gasteiger partial charge in [0.25, 0.3) is 5.91 Å². The summed E-state index contributed by atoms with van der Waals surface area (Å²) in [5.74, 6) is 1.04. The number of carbonyl (C=O) groups is 1. The first kappa shape index (κ1) is 20.7. The van der Waals surface area contributed by atoms with Gasteiger partial charge in [-0.1, -0.05) is 54.1 Å². The number of hydrogen-bond donors (Lipinski definition) is 1. The molecule has 0 radical (unpaired) electrons. The van der Waals surface area contributed by atoms with Crippen molar-refractivity contribution in [2.45, 2.75) is 20.1 Å². The predicted molar refractivity (Wildman–Crippen MR) is 123 cm³/mol. The molecular weight excluding hydrogens is 410 g/mol. The van der Waals surface area contributed by atoms with Gasteiger partial charge in [0.05, 0.1) is 6.54 Å². The molecule has 0 spiro atoms. The van der Waals surface area contributed by atoms with Crippen LogP contribution in [0.1, 0.15) is 27.2 Å². The minimum atomic E-state index is -0.210.